The molecule has 0 aromatic carbocycles. The third-order valence-electron chi connectivity index (χ3n) is 14.5. The molecule has 69 heavy (non-hydrogen) atoms. The van der Waals surface area contributed by atoms with Crippen LogP contribution in [0.3, 0.4) is 0 Å². The number of hydrogen-bond acceptors (Lipinski definition) is 5. The number of esters is 1. The summed E-state index contributed by atoms with van der Waals surface area (Å²) in [5.74, 6) is -0.0834. The number of amides is 1. The number of hydrogen-bond donors (Lipinski definition) is 3. The quantitative estimate of drug-likeness (QED) is 0.0321. The van der Waals surface area contributed by atoms with Gasteiger partial charge in [-0.15, -0.1) is 0 Å². The lowest BCUT2D eigenvalue weighted by Crippen LogP contribution is -2.45. The van der Waals surface area contributed by atoms with E-state index >= 15 is 0 Å². The first kappa shape index (κ1) is 67.3. The highest BCUT2D eigenvalue weighted by atomic mass is 16.5. The van der Waals surface area contributed by atoms with E-state index in [9.17, 15) is 19.8 Å². The molecule has 0 aliphatic rings. The molecule has 0 radical (unpaired) electrons. The third kappa shape index (κ3) is 55.5. The van der Waals surface area contributed by atoms with E-state index in [-0.39, 0.29) is 18.5 Å². The average molecular weight is 973 g/mol. The first-order chi connectivity index (χ1) is 34.0. The smallest absolute Gasteiger partial charge is 0.305 e. The Kier molecular flexibility index (Phi) is 57.5. The van der Waals surface area contributed by atoms with Gasteiger partial charge in [0.1, 0.15) is 0 Å². The fourth-order valence-corrected chi connectivity index (χ4v) is 9.69. The molecule has 0 saturated heterocycles. The summed E-state index contributed by atoms with van der Waals surface area (Å²) in [7, 11) is 0. The number of rotatable bonds is 58. The number of unbranched alkanes of at least 4 members (excludes halogenated alkanes) is 45. The molecule has 0 spiro atoms. The van der Waals surface area contributed by atoms with Gasteiger partial charge in [-0.1, -0.05) is 295 Å². The van der Waals surface area contributed by atoms with E-state index in [2.05, 4.69) is 31.3 Å². The van der Waals surface area contributed by atoms with Gasteiger partial charge in [-0.25, -0.2) is 0 Å². The van der Waals surface area contributed by atoms with Crippen LogP contribution in [0.5, 0.6) is 0 Å². The van der Waals surface area contributed by atoms with Crippen molar-refractivity contribution in [2.45, 2.75) is 353 Å². The minimum absolute atomic E-state index is 0.00172. The second kappa shape index (κ2) is 58.9. The first-order valence-corrected chi connectivity index (χ1v) is 31.1. The molecule has 2 unspecified atom stereocenters. The van der Waals surface area contributed by atoms with Crippen molar-refractivity contribution in [3.05, 3.63) is 24.3 Å². The standard InChI is InChI=1S/C63H121NO5/c1-3-5-7-9-11-13-15-17-18-19-20-21-22-23-24-25-28-32-35-39-43-47-51-55-61(66)60(59-65)64-62(67)56-52-48-44-40-36-33-29-26-27-30-34-38-42-46-50-54-58-69-63(68)57-53-49-45-41-37-31-16-14-12-10-8-6-4-2/h26,29,51,55,60-61,65-66H,3-25,27-28,30-50,52-54,56-59H2,1-2H3,(H,64,67)/b29-26-,55-51+. The summed E-state index contributed by atoms with van der Waals surface area (Å²) in [5.41, 5.74) is 0. The molecule has 6 nitrogen and oxygen atoms in total. The van der Waals surface area contributed by atoms with Crippen LogP contribution in [0.25, 0.3) is 0 Å². The number of ether oxygens (including phenoxy) is 1. The maximum absolute atomic E-state index is 12.5. The summed E-state index contributed by atoms with van der Waals surface area (Å²) in [6, 6.07) is -0.641. The lowest BCUT2D eigenvalue weighted by atomic mass is 10.0. The van der Waals surface area contributed by atoms with Gasteiger partial charge in [0.25, 0.3) is 0 Å². The number of carbonyl (C=O) groups excluding carboxylic acids is 2. The van der Waals surface area contributed by atoms with Gasteiger partial charge in [-0.2, -0.15) is 0 Å². The molecule has 1 amide bonds. The van der Waals surface area contributed by atoms with Gasteiger partial charge < -0.3 is 20.3 Å². The number of aliphatic hydroxyl groups is 2. The summed E-state index contributed by atoms with van der Waals surface area (Å²) in [6.45, 7) is 4.90. The van der Waals surface area contributed by atoms with Crippen molar-refractivity contribution in [1.29, 1.82) is 0 Å². The molecule has 0 aliphatic carbocycles. The molecule has 0 fully saturated rings. The van der Waals surface area contributed by atoms with Crippen molar-refractivity contribution in [3.63, 3.8) is 0 Å². The lowest BCUT2D eigenvalue weighted by molar-refractivity contribution is -0.143. The third-order valence-corrected chi connectivity index (χ3v) is 14.5. The van der Waals surface area contributed by atoms with E-state index in [0.29, 0.717) is 19.4 Å². The van der Waals surface area contributed by atoms with Crippen LogP contribution in [0.2, 0.25) is 0 Å². The Morgan fingerprint density at radius 2 is 0.681 bits per heavy atom. The topological polar surface area (TPSA) is 95.9 Å². The second-order valence-electron chi connectivity index (χ2n) is 21.4. The number of carbonyl (C=O) groups is 2. The Morgan fingerprint density at radius 3 is 1.03 bits per heavy atom. The van der Waals surface area contributed by atoms with Crippen LogP contribution < -0.4 is 5.32 Å². The van der Waals surface area contributed by atoms with Gasteiger partial charge in [0.15, 0.2) is 0 Å². The van der Waals surface area contributed by atoms with Gasteiger partial charge in [-0.05, 0) is 57.8 Å². The van der Waals surface area contributed by atoms with Gasteiger partial charge in [0.2, 0.25) is 5.91 Å². The van der Waals surface area contributed by atoms with Gasteiger partial charge >= 0.3 is 5.97 Å². The molecule has 6 heteroatoms. The summed E-state index contributed by atoms with van der Waals surface area (Å²) >= 11 is 0. The molecule has 0 heterocycles. The Hall–Kier alpha value is -1.66. The van der Waals surface area contributed by atoms with E-state index in [0.717, 1.165) is 64.2 Å². The Morgan fingerprint density at radius 1 is 0.391 bits per heavy atom. The van der Waals surface area contributed by atoms with Gasteiger partial charge in [0.05, 0.1) is 25.4 Å². The van der Waals surface area contributed by atoms with Crippen LogP contribution in [-0.2, 0) is 14.3 Å². The zero-order valence-electron chi connectivity index (χ0n) is 46.6. The predicted molar refractivity (Wildman–Crippen MR) is 301 cm³/mol. The normalized spacial score (nSPS) is 12.7. The van der Waals surface area contributed by atoms with E-state index in [4.69, 9.17) is 4.74 Å². The Balaban J connectivity index is 3.49. The molecule has 0 aromatic heterocycles. The van der Waals surface area contributed by atoms with Gasteiger partial charge in [-0.3, -0.25) is 9.59 Å². The molecular weight excluding hydrogens is 851 g/mol. The van der Waals surface area contributed by atoms with E-state index in [1.54, 1.807) is 6.08 Å². The summed E-state index contributed by atoms with van der Waals surface area (Å²) in [5, 5.41) is 23.2. The lowest BCUT2D eigenvalue weighted by Gasteiger charge is -2.20. The van der Waals surface area contributed by atoms with Crippen LogP contribution in [0.1, 0.15) is 341 Å². The number of aliphatic hydroxyl groups excluding tert-OH is 2. The second-order valence-corrected chi connectivity index (χ2v) is 21.4. The first-order valence-electron chi connectivity index (χ1n) is 31.1. The molecular formula is C63H121NO5. The minimum atomic E-state index is -0.856. The van der Waals surface area contributed by atoms with Crippen LogP contribution >= 0.6 is 0 Å². The molecule has 0 aromatic rings. The minimum Gasteiger partial charge on any atom is -0.466 e. The molecule has 0 bridgehead atoms. The maximum atomic E-state index is 12.5. The zero-order valence-corrected chi connectivity index (χ0v) is 46.6. The molecule has 408 valence electrons. The summed E-state index contributed by atoms with van der Waals surface area (Å²) in [6.07, 6.45) is 72.1. The maximum Gasteiger partial charge on any atom is 0.305 e. The number of allylic oxidation sites excluding steroid dienone is 3. The molecule has 0 aliphatic heterocycles. The largest absolute Gasteiger partial charge is 0.466 e. The fraction of sp³-hybridized carbons (Fsp3) is 0.905. The van der Waals surface area contributed by atoms with E-state index in [1.807, 2.05) is 6.08 Å². The monoisotopic (exact) mass is 972 g/mol. The van der Waals surface area contributed by atoms with Crippen LogP contribution in [0.15, 0.2) is 24.3 Å². The zero-order chi connectivity index (χ0) is 50.0. The van der Waals surface area contributed by atoms with Crippen molar-refractivity contribution in [2.75, 3.05) is 13.2 Å². The fourth-order valence-electron chi connectivity index (χ4n) is 9.69. The highest BCUT2D eigenvalue weighted by molar-refractivity contribution is 5.76. The molecule has 2 atom stereocenters. The highest BCUT2D eigenvalue weighted by Gasteiger charge is 2.18. The molecule has 0 saturated carbocycles. The Labute approximate surface area is 431 Å². The SMILES string of the molecule is CCCCCCCCCCCCCCCCCCCCCCC/C=C/C(O)C(CO)NC(=O)CCCCCCC/C=C\CCCCCCCCCOC(=O)CCCCCCCCCCCCCCC. The van der Waals surface area contributed by atoms with Crippen LogP contribution in [0, 0.1) is 0 Å². The molecule has 0 rings (SSSR count). The van der Waals surface area contributed by atoms with Crippen molar-refractivity contribution in [2.24, 2.45) is 0 Å². The van der Waals surface area contributed by atoms with Crippen molar-refractivity contribution >= 4 is 11.9 Å². The predicted octanol–water partition coefficient (Wildman–Crippen LogP) is 19.4. The Bertz CT molecular complexity index is 1080. The highest BCUT2D eigenvalue weighted by Crippen LogP contribution is 2.17. The van der Waals surface area contributed by atoms with E-state index < -0.39 is 12.1 Å². The van der Waals surface area contributed by atoms with Crippen LogP contribution in [0.4, 0.5) is 0 Å². The summed E-state index contributed by atoms with van der Waals surface area (Å²) < 4.78 is 5.47. The molecule has 3 N–H and O–H groups in total. The van der Waals surface area contributed by atoms with Crippen molar-refractivity contribution in [1.82, 2.24) is 5.32 Å². The van der Waals surface area contributed by atoms with Crippen molar-refractivity contribution in [3.8, 4) is 0 Å². The van der Waals surface area contributed by atoms with Crippen LogP contribution in [-0.4, -0.2) is 47.4 Å². The number of nitrogens with one attached hydrogen (secondary N) is 1. The van der Waals surface area contributed by atoms with Crippen molar-refractivity contribution < 1.29 is 24.5 Å². The van der Waals surface area contributed by atoms with Gasteiger partial charge in [0, 0.05) is 12.8 Å². The summed E-state index contributed by atoms with van der Waals surface area (Å²) in [4.78, 5) is 24.5. The average Bonchev–Trinajstić information content (AvgIpc) is 3.35. The van der Waals surface area contributed by atoms with E-state index in [1.165, 1.54) is 250 Å².